The number of hydrogen-bond donors (Lipinski definition) is 4. The van der Waals surface area contributed by atoms with Gasteiger partial charge in [0.25, 0.3) is 0 Å². The summed E-state index contributed by atoms with van der Waals surface area (Å²) >= 11 is 0. The van der Waals surface area contributed by atoms with Crippen LogP contribution in [-0.4, -0.2) is 54.3 Å². The third-order valence-electron chi connectivity index (χ3n) is 3.69. The predicted octanol–water partition coefficient (Wildman–Crippen LogP) is -1.37. The predicted molar refractivity (Wildman–Crippen MR) is 72.7 cm³/mol. The fraction of sp³-hybridized carbons (Fsp3) is 0.385. The minimum absolute atomic E-state index is 0.278. The number of nitrogens with two attached hydrogens (primary N) is 1. The van der Waals surface area contributed by atoms with E-state index in [4.69, 9.17) is 16.9 Å². The van der Waals surface area contributed by atoms with Gasteiger partial charge in [0.2, 0.25) is 0 Å². The lowest BCUT2D eigenvalue weighted by Crippen LogP contribution is -2.45. The maximum Gasteiger partial charge on any atom is 0.199 e. The molecule has 2 aromatic rings. The molecule has 5 N–H and O–H groups in total. The van der Waals surface area contributed by atoms with Crippen LogP contribution in [0.5, 0.6) is 0 Å². The van der Waals surface area contributed by atoms with E-state index >= 15 is 0 Å². The summed E-state index contributed by atoms with van der Waals surface area (Å²) in [6, 6.07) is 1.66. The fourth-order valence-electron chi connectivity index (χ4n) is 2.53. The summed E-state index contributed by atoms with van der Waals surface area (Å²) in [4.78, 5) is 7.96. The molecule has 0 unspecified atom stereocenters. The third-order valence-corrected chi connectivity index (χ3v) is 3.69. The van der Waals surface area contributed by atoms with Gasteiger partial charge in [-0.25, -0.2) is 9.97 Å². The lowest BCUT2D eigenvalue weighted by molar-refractivity contribution is -0.0718. The minimum atomic E-state index is -1.99. The van der Waals surface area contributed by atoms with Crippen molar-refractivity contribution in [1.82, 2.24) is 14.5 Å². The van der Waals surface area contributed by atoms with Gasteiger partial charge in [0, 0.05) is 6.20 Å². The Morgan fingerprint density at radius 2 is 2.29 bits per heavy atom. The standard InChI is InChI=1S/C13H14N4O4/c1-2-13(20)9(19)8(5-18)21-12(13)17-4-3-7-10(14)15-6-16-11(7)17/h1,3-4,6,8-9,12,18-20H,5H2,(H2,14,15,16)/t8-,9-,12-,13-/m0/s1. The van der Waals surface area contributed by atoms with Crippen LogP contribution < -0.4 is 5.73 Å². The van der Waals surface area contributed by atoms with Crippen LogP contribution in [0.1, 0.15) is 6.23 Å². The highest BCUT2D eigenvalue weighted by molar-refractivity contribution is 5.86. The van der Waals surface area contributed by atoms with Gasteiger partial charge in [-0.1, -0.05) is 5.92 Å². The minimum Gasteiger partial charge on any atom is -0.394 e. The van der Waals surface area contributed by atoms with Gasteiger partial charge in [-0.15, -0.1) is 6.42 Å². The molecule has 0 aromatic carbocycles. The second-order valence-corrected chi connectivity index (χ2v) is 4.84. The Labute approximate surface area is 119 Å². The zero-order chi connectivity index (χ0) is 15.2. The van der Waals surface area contributed by atoms with Gasteiger partial charge in [0.1, 0.15) is 30.0 Å². The zero-order valence-corrected chi connectivity index (χ0v) is 10.9. The number of aliphatic hydroxyl groups is 3. The molecule has 0 aliphatic carbocycles. The van der Waals surface area contributed by atoms with Crippen LogP contribution in [0.15, 0.2) is 18.6 Å². The Balaban J connectivity index is 2.14. The molecule has 8 heteroatoms. The van der Waals surface area contributed by atoms with Crippen LogP contribution in [0.4, 0.5) is 5.82 Å². The number of anilines is 1. The van der Waals surface area contributed by atoms with Crippen LogP contribution >= 0.6 is 0 Å². The van der Waals surface area contributed by atoms with E-state index in [0.717, 1.165) is 0 Å². The van der Waals surface area contributed by atoms with Crippen LogP contribution in [0.2, 0.25) is 0 Å². The van der Waals surface area contributed by atoms with Crippen molar-refractivity contribution >= 4 is 16.9 Å². The van der Waals surface area contributed by atoms with E-state index in [9.17, 15) is 15.3 Å². The number of nitrogen functional groups attached to an aromatic ring is 1. The molecule has 1 aliphatic rings. The van der Waals surface area contributed by atoms with E-state index in [1.54, 1.807) is 12.3 Å². The highest BCUT2D eigenvalue weighted by Crippen LogP contribution is 2.39. The summed E-state index contributed by atoms with van der Waals surface area (Å²) in [5.74, 6) is 2.42. The maximum absolute atomic E-state index is 10.5. The molecular weight excluding hydrogens is 276 g/mol. The normalized spacial score (nSPS) is 32.4. The maximum atomic E-state index is 10.5. The first-order valence-corrected chi connectivity index (χ1v) is 6.24. The van der Waals surface area contributed by atoms with Crippen molar-refractivity contribution < 1.29 is 20.1 Å². The number of hydrogen-bond acceptors (Lipinski definition) is 7. The zero-order valence-electron chi connectivity index (χ0n) is 10.9. The Bertz CT molecular complexity index is 725. The van der Waals surface area contributed by atoms with Crippen LogP contribution in [0.3, 0.4) is 0 Å². The van der Waals surface area contributed by atoms with Gasteiger partial charge in [-0.2, -0.15) is 0 Å². The van der Waals surface area contributed by atoms with E-state index in [1.165, 1.54) is 10.9 Å². The van der Waals surface area contributed by atoms with Crippen molar-refractivity contribution in [2.45, 2.75) is 24.0 Å². The molecule has 4 atom stereocenters. The van der Waals surface area contributed by atoms with Crippen LogP contribution in [0, 0.1) is 12.3 Å². The number of ether oxygens (including phenoxy) is 1. The third kappa shape index (κ3) is 1.80. The SMILES string of the molecule is C#C[C@@]1(O)[C@@H](n2ccc3c(N)ncnc32)O[C@@H](CO)[C@@H]1O. The van der Waals surface area contributed by atoms with E-state index in [0.29, 0.717) is 11.0 Å². The quantitative estimate of drug-likeness (QED) is 0.502. The van der Waals surface area contributed by atoms with E-state index in [2.05, 4.69) is 15.9 Å². The van der Waals surface area contributed by atoms with Crippen LogP contribution in [0.25, 0.3) is 11.0 Å². The lowest BCUT2D eigenvalue weighted by Gasteiger charge is -2.26. The lowest BCUT2D eigenvalue weighted by atomic mass is 9.95. The van der Waals surface area contributed by atoms with Gasteiger partial charge in [-0.05, 0) is 6.07 Å². The molecule has 1 aliphatic heterocycles. The van der Waals surface area contributed by atoms with Crippen LogP contribution in [-0.2, 0) is 4.74 Å². The fourth-order valence-corrected chi connectivity index (χ4v) is 2.53. The molecule has 1 saturated heterocycles. The van der Waals surface area contributed by atoms with Gasteiger partial charge in [-0.3, -0.25) is 0 Å². The molecule has 21 heavy (non-hydrogen) atoms. The van der Waals surface area contributed by atoms with Crippen molar-refractivity contribution in [2.24, 2.45) is 0 Å². The number of aliphatic hydroxyl groups excluding tert-OH is 2. The van der Waals surface area contributed by atoms with Crippen molar-refractivity contribution in [1.29, 1.82) is 0 Å². The largest absolute Gasteiger partial charge is 0.394 e. The van der Waals surface area contributed by atoms with Crippen molar-refractivity contribution in [2.75, 3.05) is 12.3 Å². The van der Waals surface area contributed by atoms with Gasteiger partial charge >= 0.3 is 0 Å². The van der Waals surface area contributed by atoms with Crippen molar-refractivity contribution in [3.05, 3.63) is 18.6 Å². The summed E-state index contributed by atoms with van der Waals surface area (Å²) in [7, 11) is 0. The monoisotopic (exact) mass is 290 g/mol. The summed E-state index contributed by atoms with van der Waals surface area (Å²) < 4.78 is 6.96. The number of rotatable bonds is 2. The molecule has 3 rings (SSSR count). The Hall–Kier alpha value is -2.18. The summed E-state index contributed by atoms with van der Waals surface area (Å²) in [5, 5.41) is 30.4. The molecule has 1 fully saturated rings. The number of aromatic nitrogens is 3. The van der Waals surface area contributed by atoms with E-state index in [1.807, 2.05) is 0 Å². The first kappa shape index (κ1) is 13.8. The van der Waals surface area contributed by atoms with E-state index in [-0.39, 0.29) is 5.82 Å². The molecule has 2 aromatic heterocycles. The van der Waals surface area contributed by atoms with Crippen molar-refractivity contribution in [3.8, 4) is 12.3 Å². The summed E-state index contributed by atoms with van der Waals surface area (Å²) in [6.07, 6.45) is 4.70. The summed E-state index contributed by atoms with van der Waals surface area (Å²) in [6.45, 7) is -0.474. The Morgan fingerprint density at radius 3 is 2.95 bits per heavy atom. The molecule has 0 bridgehead atoms. The van der Waals surface area contributed by atoms with E-state index < -0.39 is 30.6 Å². The average molecular weight is 290 g/mol. The molecule has 0 amide bonds. The topological polar surface area (TPSA) is 127 Å². The highest BCUT2D eigenvalue weighted by Gasteiger charge is 2.55. The van der Waals surface area contributed by atoms with Gasteiger partial charge < -0.3 is 30.4 Å². The summed E-state index contributed by atoms with van der Waals surface area (Å²) in [5.41, 5.74) is 4.17. The number of nitrogens with zero attached hydrogens (tertiary/aromatic N) is 3. The van der Waals surface area contributed by atoms with Crippen molar-refractivity contribution in [3.63, 3.8) is 0 Å². The average Bonchev–Trinajstić information content (AvgIpc) is 3.01. The first-order chi connectivity index (χ1) is 10.0. The molecule has 0 spiro atoms. The first-order valence-electron chi connectivity index (χ1n) is 6.24. The van der Waals surface area contributed by atoms with Gasteiger partial charge in [0.15, 0.2) is 11.8 Å². The molecule has 0 radical (unpaired) electrons. The number of terminal acetylenes is 1. The smallest absolute Gasteiger partial charge is 0.199 e. The highest BCUT2D eigenvalue weighted by atomic mass is 16.6. The second-order valence-electron chi connectivity index (χ2n) is 4.84. The number of fused-ring (bicyclic) bond motifs is 1. The molecule has 0 saturated carbocycles. The van der Waals surface area contributed by atoms with Gasteiger partial charge in [0.05, 0.1) is 12.0 Å². The molecular formula is C13H14N4O4. The molecule has 8 nitrogen and oxygen atoms in total. The Morgan fingerprint density at radius 1 is 1.52 bits per heavy atom. The molecule has 110 valence electrons. The second kappa shape index (κ2) is 4.68. The molecule has 3 heterocycles. The Kier molecular flexibility index (Phi) is 3.07.